The van der Waals surface area contributed by atoms with Crippen molar-refractivity contribution in [2.24, 2.45) is 0 Å². The van der Waals surface area contributed by atoms with Crippen LogP contribution in [0.2, 0.25) is 0 Å². The molecule has 0 saturated carbocycles. The number of nitrogens with zero attached hydrogens (tertiary/aromatic N) is 1. The fourth-order valence-electron chi connectivity index (χ4n) is 6.81. The lowest BCUT2D eigenvalue weighted by Crippen LogP contribution is -2.10. The molecule has 0 aliphatic carbocycles. The van der Waals surface area contributed by atoms with Gasteiger partial charge in [-0.3, -0.25) is 0 Å². The minimum Gasteiger partial charge on any atom is -0.355 e. The molecule has 47 heavy (non-hydrogen) atoms. The van der Waals surface area contributed by atoms with Gasteiger partial charge in [-0.05, 0) is 102 Å². The molecule has 8 rings (SSSR count). The number of anilines is 5. The Balaban J connectivity index is 1.41. The Bertz CT molecular complexity index is 2340. The van der Waals surface area contributed by atoms with Crippen LogP contribution in [0.5, 0.6) is 0 Å². The lowest BCUT2D eigenvalue weighted by atomic mass is 9.88. The highest BCUT2D eigenvalue weighted by Gasteiger charge is 2.20. The van der Waals surface area contributed by atoms with Gasteiger partial charge in [0.05, 0.1) is 5.69 Å². The second kappa shape index (κ2) is 11.8. The van der Waals surface area contributed by atoms with Crippen LogP contribution in [0.4, 0.5) is 28.4 Å². The normalized spacial score (nSPS) is 11.3. The van der Waals surface area contributed by atoms with Gasteiger partial charge in [-0.1, -0.05) is 120 Å². The molecule has 8 aromatic carbocycles. The molecule has 0 spiro atoms. The third kappa shape index (κ3) is 5.28. The van der Waals surface area contributed by atoms with Crippen LogP contribution in [0.15, 0.2) is 158 Å². The molecule has 0 atom stereocenters. The van der Waals surface area contributed by atoms with E-state index >= 15 is 0 Å². The molecule has 2 nitrogen and oxygen atoms in total. The monoisotopic (exact) mass is 604 g/mol. The average Bonchev–Trinajstić information content (AvgIpc) is 3.10. The molecule has 226 valence electrons. The van der Waals surface area contributed by atoms with Crippen molar-refractivity contribution in [3.05, 3.63) is 174 Å². The zero-order valence-electron chi connectivity index (χ0n) is 27.0. The summed E-state index contributed by atoms with van der Waals surface area (Å²) in [5.74, 6) is 0. The maximum atomic E-state index is 3.77. The number of benzene rings is 8. The molecular formula is C45H36N2. The number of fused-ring (bicyclic) bond motifs is 3. The highest BCUT2D eigenvalue weighted by atomic mass is 15.1. The van der Waals surface area contributed by atoms with Crippen LogP contribution in [0.3, 0.4) is 0 Å². The number of rotatable bonds is 6. The Morgan fingerprint density at radius 2 is 1.00 bits per heavy atom. The average molecular weight is 605 g/mol. The fourth-order valence-corrected chi connectivity index (χ4v) is 6.81. The molecule has 0 fully saturated rings. The highest BCUT2D eigenvalue weighted by Crippen LogP contribution is 2.46. The van der Waals surface area contributed by atoms with Crippen molar-refractivity contribution in [1.82, 2.24) is 0 Å². The summed E-state index contributed by atoms with van der Waals surface area (Å²) in [6.45, 7) is 6.40. The van der Waals surface area contributed by atoms with E-state index in [0.717, 1.165) is 28.4 Å². The molecule has 8 aromatic rings. The van der Waals surface area contributed by atoms with Crippen molar-refractivity contribution in [2.45, 2.75) is 20.8 Å². The molecule has 0 radical (unpaired) electrons. The summed E-state index contributed by atoms with van der Waals surface area (Å²) in [6, 6.07) is 57.5. The van der Waals surface area contributed by atoms with E-state index in [1.165, 1.54) is 60.1 Å². The Kier molecular flexibility index (Phi) is 7.19. The molecule has 0 amide bonds. The van der Waals surface area contributed by atoms with Crippen molar-refractivity contribution < 1.29 is 0 Å². The summed E-state index contributed by atoms with van der Waals surface area (Å²) in [5.41, 5.74) is 11.8. The number of hydrogen-bond donors (Lipinski definition) is 1. The second-order valence-corrected chi connectivity index (χ2v) is 12.6. The van der Waals surface area contributed by atoms with Crippen LogP contribution in [0, 0.1) is 20.8 Å². The lowest BCUT2D eigenvalue weighted by Gasteiger charge is -2.28. The Labute approximate surface area is 276 Å². The largest absolute Gasteiger partial charge is 0.355 e. The molecule has 0 heterocycles. The van der Waals surface area contributed by atoms with Crippen LogP contribution in [0.1, 0.15) is 16.7 Å². The van der Waals surface area contributed by atoms with Gasteiger partial charge in [0.2, 0.25) is 0 Å². The van der Waals surface area contributed by atoms with Gasteiger partial charge >= 0.3 is 0 Å². The van der Waals surface area contributed by atoms with Gasteiger partial charge < -0.3 is 10.2 Å². The van der Waals surface area contributed by atoms with Crippen LogP contribution >= 0.6 is 0 Å². The van der Waals surface area contributed by atoms with Gasteiger partial charge in [0, 0.05) is 39.1 Å². The van der Waals surface area contributed by atoms with Crippen molar-refractivity contribution >= 4 is 60.8 Å². The van der Waals surface area contributed by atoms with E-state index in [0.29, 0.717) is 0 Å². The fraction of sp³-hybridized carbons (Fsp3) is 0.0667. The summed E-state index contributed by atoms with van der Waals surface area (Å²) in [6.07, 6.45) is 0. The van der Waals surface area contributed by atoms with Crippen molar-refractivity contribution in [2.75, 3.05) is 10.2 Å². The standard InChI is InChI=1S/C45H36N2/c1-30-15-21-35(22-16-30)46-42-14-8-10-34-29-33-9-4-5-11-38(33)45(44(34)42)41-27-28-43(40-13-7-6-12-39(40)41)47(36-23-17-31(2)18-24-36)37-25-19-32(3)20-26-37/h4-29,46H,1-3H3. The van der Waals surface area contributed by atoms with Gasteiger partial charge in [-0.15, -0.1) is 0 Å². The van der Waals surface area contributed by atoms with Gasteiger partial charge in [0.15, 0.2) is 0 Å². The summed E-state index contributed by atoms with van der Waals surface area (Å²) in [7, 11) is 0. The zero-order valence-corrected chi connectivity index (χ0v) is 27.0. The predicted octanol–water partition coefficient (Wildman–Crippen LogP) is 13.0. The second-order valence-electron chi connectivity index (χ2n) is 12.6. The van der Waals surface area contributed by atoms with Gasteiger partial charge in [0.1, 0.15) is 0 Å². The van der Waals surface area contributed by atoms with E-state index in [2.05, 4.69) is 189 Å². The molecule has 2 heteroatoms. The predicted molar refractivity (Wildman–Crippen MR) is 203 cm³/mol. The summed E-state index contributed by atoms with van der Waals surface area (Å²) in [4.78, 5) is 2.39. The van der Waals surface area contributed by atoms with Gasteiger partial charge in [-0.2, -0.15) is 0 Å². The molecule has 1 N–H and O–H groups in total. The molecule has 0 aliphatic rings. The van der Waals surface area contributed by atoms with Gasteiger partial charge in [-0.25, -0.2) is 0 Å². The van der Waals surface area contributed by atoms with E-state index in [9.17, 15) is 0 Å². The minimum absolute atomic E-state index is 1.08. The number of aryl methyl sites for hydroxylation is 3. The van der Waals surface area contributed by atoms with Crippen molar-refractivity contribution in [3.8, 4) is 11.1 Å². The zero-order chi connectivity index (χ0) is 31.9. The SMILES string of the molecule is Cc1ccc(Nc2cccc3cc4ccccc4c(-c4ccc(N(c5ccc(C)cc5)c5ccc(C)cc5)c5ccccc45)c23)cc1. The Morgan fingerprint density at radius 1 is 0.447 bits per heavy atom. The van der Waals surface area contributed by atoms with Crippen molar-refractivity contribution in [3.63, 3.8) is 0 Å². The maximum Gasteiger partial charge on any atom is 0.0540 e. The minimum atomic E-state index is 1.08. The first-order valence-electron chi connectivity index (χ1n) is 16.3. The van der Waals surface area contributed by atoms with E-state index in [-0.39, 0.29) is 0 Å². The highest BCUT2D eigenvalue weighted by molar-refractivity contribution is 6.21. The summed E-state index contributed by atoms with van der Waals surface area (Å²) >= 11 is 0. The quantitative estimate of drug-likeness (QED) is 0.190. The molecule has 0 unspecified atom stereocenters. The molecule has 0 aromatic heterocycles. The lowest BCUT2D eigenvalue weighted by molar-refractivity contribution is 1.28. The maximum absolute atomic E-state index is 3.77. The third-order valence-corrected chi connectivity index (χ3v) is 9.21. The first-order valence-corrected chi connectivity index (χ1v) is 16.3. The first kappa shape index (κ1) is 28.6. The van der Waals surface area contributed by atoms with Crippen LogP contribution in [-0.4, -0.2) is 0 Å². The smallest absolute Gasteiger partial charge is 0.0540 e. The topological polar surface area (TPSA) is 15.3 Å². The molecule has 0 aliphatic heterocycles. The first-order chi connectivity index (χ1) is 23.0. The van der Waals surface area contributed by atoms with Gasteiger partial charge in [0.25, 0.3) is 0 Å². The molecule has 0 bridgehead atoms. The summed E-state index contributed by atoms with van der Waals surface area (Å²) < 4.78 is 0. The van der Waals surface area contributed by atoms with Crippen LogP contribution < -0.4 is 10.2 Å². The third-order valence-electron chi connectivity index (χ3n) is 9.21. The van der Waals surface area contributed by atoms with Crippen molar-refractivity contribution in [1.29, 1.82) is 0 Å². The van der Waals surface area contributed by atoms with E-state index in [4.69, 9.17) is 0 Å². The Hall–Kier alpha value is -5.86. The van der Waals surface area contributed by atoms with Crippen LogP contribution in [0.25, 0.3) is 43.4 Å². The summed E-state index contributed by atoms with van der Waals surface area (Å²) in [5, 5.41) is 11.1. The Morgan fingerprint density at radius 3 is 1.66 bits per heavy atom. The van der Waals surface area contributed by atoms with E-state index < -0.39 is 0 Å². The molecule has 0 saturated heterocycles. The van der Waals surface area contributed by atoms with E-state index in [1.54, 1.807) is 0 Å². The number of nitrogens with one attached hydrogen (secondary N) is 1. The molecular weight excluding hydrogens is 569 g/mol. The van der Waals surface area contributed by atoms with E-state index in [1.807, 2.05) is 0 Å². The van der Waals surface area contributed by atoms with Crippen LogP contribution in [-0.2, 0) is 0 Å². The number of hydrogen-bond acceptors (Lipinski definition) is 2.